The van der Waals surface area contributed by atoms with Crippen LogP contribution in [0.4, 0.5) is 0 Å². The molecule has 0 bridgehead atoms. The maximum Gasteiger partial charge on any atom is 0.164 e. The van der Waals surface area contributed by atoms with Crippen LogP contribution in [0.1, 0.15) is 125 Å². The summed E-state index contributed by atoms with van der Waals surface area (Å²) in [5.41, 5.74) is -2.29. The molecule has 0 amide bonds. The number of aliphatic hydroxyl groups excluding tert-OH is 3. The van der Waals surface area contributed by atoms with E-state index in [9.17, 15) is 29.7 Å². The Labute approximate surface area is 264 Å². The van der Waals surface area contributed by atoms with Crippen LogP contribution in [0.2, 0.25) is 0 Å². The summed E-state index contributed by atoms with van der Waals surface area (Å²) in [6, 6.07) is 0. The molecule has 0 unspecified atom stereocenters. The number of carbonyl (C=O) groups is 3. The topological polar surface area (TPSA) is 112 Å². The summed E-state index contributed by atoms with van der Waals surface area (Å²) in [6.45, 7) is 33.3. The second kappa shape index (κ2) is 16.2. The van der Waals surface area contributed by atoms with Gasteiger partial charge in [0.2, 0.25) is 0 Å². The smallest absolute Gasteiger partial charge is 0.164 e. The molecule has 0 aromatic carbocycles. The molecule has 0 aromatic rings. The number of ketones is 3. The minimum Gasteiger partial charge on any atom is -0.512 e. The van der Waals surface area contributed by atoms with Crippen molar-refractivity contribution in [1.82, 2.24) is 0 Å². The zero-order valence-electron chi connectivity index (χ0n) is 28.9. The fourth-order valence-corrected chi connectivity index (χ4v) is 1.67. The molecule has 0 rings (SSSR count). The summed E-state index contributed by atoms with van der Waals surface area (Å²) in [6.07, 6.45) is 4.00. The van der Waals surface area contributed by atoms with Gasteiger partial charge in [0.1, 0.15) is 17.3 Å². The second-order valence-corrected chi connectivity index (χ2v) is 16.2. The molecule has 0 aromatic heterocycles. The van der Waals surface area contributed by atoms with Crippen molar-refractivity contribution in [3.05, 3.63) is 35.5 Å². The van der Waals surface area contributed by atoms with Gasteiger partial charge in [-0.1, -0.05) is 125 Å². The third-order valence-electron chi connectivity index (χ3n) is 5.33. The number of aliphatic hydroxyl groups is 3. The van der Waals surface area contributed by atoms with Crippen molar-refractivity contribution in [2.24, 2.45) is 32.5 Å². The molecule has 0 aliphatic rings. The summed E-state index contributed by atoms with van der Waals surface area (Å²) in [5.74, 6) is 0.312. The molecule has 0 heterocycles. The van der Waals surface area contributed by atoms with Crippen LogP contribution >= 0.6 is 0 Å². The van der Waals surface area contributed by atoms with E-state index < -0.39 is 16.2 Å². The monoisotopic (exact) mass is 597 g/mol. The van der Waals surface area contributed by atoms with Crippen LogP contribution in [0.25, 0.3) is 0 Å². The van der Waals surface area contributed by atoms with Gasteiger partial charge in [-0.3, -0.25) is 14.4 Å². The van der Waals surface area contributed by atoms with Crippen LogP contribution in [0.3, 0.4) is 0 Å². The van der Waals surface area contributed by atoms with E-state index in [0.717, 1.165) is 0 Å². The van der Waals surface area contributed by atoms with Crippen LogP contribution in [-0.4, -0.2) is 32.7 Å². The van der Waals surface area contributed by atoms with Gasteiger partial charge < -0.3 is 15.3 Å². The van der Waals surface area contributed by atoms with E-state index in [-0.39, 0.29) is 76.7 Å². The predicted molar refractivity (Wildman–Crippen MR) is 164 cm³/mol. The van der Waals surface area contributed by atoms with E-state index in [1.165, 1.54) is 18.2 Å². The van der Waals surface area contributed by atoms with Gasteiger partial charge in [0.15, 0.2) is 17.3 Å². The first-order chi connectivity index (χ1) is 16.6. The molecule has 0 aliphatic carbocycles. The fourth-order valence-electron chi connectivity index (χ4n) is 1.67. The first-order valence-corrected chi connectivity index (χ1v) is 13.5. The molecule has 0 fully saturated rings. The quantitative estimate of drug-likeness (QED) is 0.221. The maximum atomic E-state index is 11.5. The van der Waals surface area contributed by atoms with Gasteiger partial charge in [-0.05, 0) is 0 Å². The van der Waals surface area contributed by atoms with Gasteiger partial charge in [-0.25, -0.2) is 0 Å². The van der Waals surface area contributed by atoms with Gasteiger partial charge in [0.25, 0.3) is 0 Å². The van der Waals surface area contributed by atoms with Crippen molar-refractivity contribution in [3.63, 3.8) is 0 Å². The van der Waals surface area contributed by atoms with Crippen LogP contribution in [0.5, 0.6) is 0 Å². The Bertz CT molecular complexity index is 801. The number of hydrogen-bond acceptors (Lipinski definition) is 6. The molecular weight excluding hydrogens is 537 g/mol. The van der Waals surface area contributed by atoms with Crippen LogP contribution in [-0.2, 0) is 40.2 Å². The number of allylic oxidation sites excluding steroid dienone is 6. The van der Waals surface area contributed by atoms with Crippen molar-refractivity contribution in [2.45, 2.75) is 125 Å². The predicted octanol–water partition coefficient (Wildman–Crippen LogP) is 9.27. The molecular formula is C33H60O6Sc. The average molecular weight is 598 g/mol. The van der Waals surface area contributed by atoms with Gasteiger partial charge in [-0.2, -0.15) is 0 Å². The van der Waals surface area contributed by atoms with E-state index in [2.05, 4.69) is 0 Å². The van der Waals surface area contributed by atoms with Gasteiger partial charge in [0.05, 0.1) is 0 Å². The van der Waals surface area contributed by atoms with Gasteiger partial charge >= 0.3 is 0 Å². The molecule has 231 valence electrons. The number of carbonyl (C=O) groups excluding carboxylic acids is 3. The molecule has 3 N–H and O–H groups in total. The molecule has 7 heteroatoms. The van der Waals surface area contributed by atoms with Crippen molar-refractivity contribution in [1.29, 1.82) is 0 Å². The van der Waals surface area contributed by atoms with Crippen LogP contribution < -0.4 is 0 Å². The second-order valence-electron chi connectivity index (χ2n) is 16.2. The minimum absolute atomic E-state index is 0. The Morgan fingerprint density at radius 3 is 0.550 bits per heavy atom. The molecule has 0 saturated heterocycles. The maximum absolute atomic E-state index is 11.5. The normalized spacial score (nSPS) is 14.1. The zero-order valence-corrected chi connectivity index (χ0v) is 30.7. The Morgan fingerprint density at radius 1 is 0.350 bits per heavy atom. The largest absolute Gasteiger partial charge is 0.512 e. The fraction of sp³-hybridized carbons (Fsp3) is 0.727. The molecule has 0 saturated carbocycles. The molecule has 1 radical (unpaired) electrons. The first-order valence-electron chi connectivity index (χ1n) is 13.5. The summed E-state index contributed by atoms with van der Waals surface area (Å²) in [5, 5.41) is 28.7. The summed E-state index contributed by atoms with van der Waals surface area (Å²) in [4.78, 5) is 34.5. The van der Waals surface area contributed by atoms with Gasteiger partial charge in [0, 0.05) is 76.6 Å². The third kappa shape index (κ3) is 21.3. The van der Waals surface area contributed by atoms with Crippen molar-refractivity contribution < 1.29 is 55.5 Å². The molecule has 0 atom stereocenters. The first kappa shape index (κ1) is 45.5. The average Bonchev–Trinajstić information content (AvgIpc) is 2.64. The van der Waals surface area contributed by atoms with Crippen molar-refractivity contribution in [2.75, 3.05) is 0 Å². The molecule has 40 heavy (non-hydrogen) atoms. The van der Waals surface area contributed by atoms with Crippen molar-refractivity contribution >= 4 is 17.3 Å². The van der Waals surface area contributed by atoms with E-state index in [0.29, 0.717) is 0 Å². The summed E-state index contributed by atoms with van der Waals surface area (Å²) in [7, 11) is 0. The van der Waals surface area contributed by atoms with Crippen LogP contribution in [0, 0.1) is 32.5 Å². The Hall–Kier alpha value is -1.50. The zero-order chi connectivity index (χ0) is 32.6. The van der Waals surface area contributed by atoms with Crippen LogP contribution in [0.15, 0.2) is 35.5 Å². The SMILES string of the molecule is CC(C)(C)C(=O)/C=C(/O)C(C)(C)C.CC(C)(C)C(=O)/C=C(/O)C(C)(C)C.CC(C)(C)C(=O)/C=C(/O)C(C)(C)C.[Sc]. The van der Waals surface area contributed by atoms with E-state index >= 15 is 0 Å². The molecule has 6 nitrogen and oxygen atoms in total. The summed E-state index contributed by atoms with van der Waals surface area (Å²) < 4.78 is 0. The molecule has 0 spiro atoms. The number of rotatable bonds is 3. The molecule has 0 aliphatic heterocycles. The van der Waals surface area contributed by atoms with E-state index in [1.54, 1.807) is 0 Å². The van der Waals surface area contributed by atoms with Gasteiger partial charge in [-0.15, -0.1) is 0 Å². The third-order valence-corrected chi connectivity index (χ3v) is 5.33. The van der Waals surface area contributed by atoms with E-state index in [1.807, 2.05) is 125 Å². The van der Waals surface area contributed by atoms with E-state index in [4.69, 9.17) is 0 Å². The standard InChI is InChI=1S/3C11H20O2.Sc/c3*1-10(2,3)8(12)7-9(13)11(4,5)6;/h3*7,12H,1-6H3;/b3*8-7+;. The summed E-state index contributed by atoms with van der Waals surface area (Å²) >= 11 is 0. The Kier molecular flexibility index (Phi) is 18.4. The Balaban J connectivity index is -0.000000240. The Morgan fingerprint density at radius 2 is 0.475 bits per heavy atom. The minimum atomic E-state index is -0.417. The number of hydrogen-bond donors (Lipinski definition) is 3. The van der Waals surface area contributed by atoms with Crippen molar-refractivity contribution in [3.8, 4) is 0 Å².